The van der Waals surface area contributed by atoms with Crippen molar-refractivity contribution in [2.75, 3.05) is 6.26 Å². The molecule has 6 nitrogen and oxygen atoms in total. The summed E-state index contributed by atoms with van der Waals surface area (Å²) in [5, 5.41) is 17.2. The van der Waals surface area contributed by atoms with Gasteiger partial charge in [0.1, 0.15) is 5.75 Å². The molecule has 0 aliphatic rings. The molecule has 0 amide bonds. The van der Waals surface area contributed by atoms with Gasteiger partial charge in [0.2, 0.25) is 0 Å². The normalized spacial score (nSPS) is 11.9. The number of hydrogen-bond donors (Lipinski definition) is 2. The van der Waals surface area contributed by atoms with Gasteiger partial charge in [-0.3, -0.25) is 9.67 Å². The first-order valence-corrected chi connectivity index (χ1v) is 10.7. The van der Waals surface area contributed by atoms with E-state index in [1.165, 1.54) is 6.26 Å². The molecule has 0 spiro atoms. The molecule has 0 atom stereocenters. The van der Waals surface area contributed by atoms with E-state index in [0.29, 0.717) is 17.1 Å². The monoisotopic (exact) mass is 403 g/mol. The maximum atomic E-state index is 11.6. The lowest BCUT2D eigenvalue weighted by atomic mass is 9.99. The van der Waals surface area contributed by atoms with E-state index in [2.05, 4.69) is 10.2 Å². The number of H-pyrrole nitrogens is 1. The van der Waals surface area contributed by atoms with Crippen molar-refractivity contribution in [3.05, 3.63) is 58.4 Å². The van der Waals surface area contributed by atoms with Crippen LogP contribution < -0.4 is 0 Å². The highest BCUT2D eigenvalue weighted by Gasteiger charge is 2.14. The van der Waals surface area contributed by atoms with Gasteiger partial charge in [-0.1, -0.05) is 26.0 Å². The molecule has 0 saturated carbocycles. The van der Waals surface area contributed by atoms with Crippen LogP contribution in [0, 0.1) is 4.77 Å². The van der Waals surface area contributed by atoms with Gasteiger partial charge in [0, 0.05) is 11.8 Å². The molecule has 3 aromatic rings. The minimum atomic E-state index is -3.23. The molecule has 0 radical (unpaired) electrons. The van der Waals surface area contributed by atoms with E-state index in [1.807, 2.05) is 24.5 Å². The second-order valence-electron chi connectivity index (χ2n) is 6.78. The average Bonchev–Trinajstić information content (AvgIpc) is 2.95. The molecule has 2 N–H and O–H groups in total. The molecule has 0 unspecified atom stereocenters. The number of nitrogens with one attached hydrogen (secondary N) is 1. The van der Waals surface area contributed by atoms with Crippen molar-refractivity contribution in [2.45, 2.75) is 31.2 Å². The van der Waals surface area contributed by atoms with Gasteiger partial charge in [0.05, 0.1) is 11.4 Å². The maximum absolute atomic E-state index is 11.6. The summed E-state index contributed by atoms with van der Waals surface area (Å²) >= 11 is 5.37. The molecule has 1 aromatic heterocycles. The minimum absolute atomic E-state index is 0.170. The standard InChI is InChI=1S/C19H21N3O3S2/c1-12(2)16-10-14(6-9-17(16)23)18-20-21-19(26)22(18)11-13-4-7-15(8-5-13)27(3,24)25/h4-10,12,23H,11H2,1-3H3,(H,21,26). The number of nitrogens with zero attached hydrogens (tertiary/aromatic N) is 2. The summed E-state index contributed by atoms with van der Waals surface area (Å²) < 4.78 is 25.5. The highest BCUT2D eigenvalue weighted by atomic mass is 32.2. The minimum Gasteiger partial charge on any atom is -0.508 e. The van der Waals surface area contributed by atoms with Gasteiger partial charge in [0.15, 0.2) is 20.4 Å². The lowest BCUT2D eigenvalue weighted by molar-refractivity contribution is 0.465. The van der Waals surface area contributed by atoms with E-state index >= 15 is 0 Å². The smallest absolute Gasteiger partial charge is 0.195 e. The van der Waals surface area contributed by atoms with Gasteiger partial charge in [-0.15, -0.1) is 0 Å². The second-order valence-corrected chi connectivity index (χ2v) is 9.19. The molecule has 0 aliphatic heterocycles. The van der Waals surface area contributed by atoms with Crippen molar-refractivity contribution < 1.29 is 13.5 Å². The number of benzene rings is 2. The predicted molar refractivity (Wildman–Crippen MR) is 107 cm³/mol. The number of hydrogen-bond acceptors (Lipinski definition) is 5. The summed E-state index contributed by atoms with van der Waals surface area (Å²) in [6, 6.07) is 12.1. The molecule has 0 bridgehead atoms. The molecule has 0 saturated heterocycles. The third-order valence-electron chi connectivity index (χ3n) is 4.36. The van der Waals surface area contributed by atoms with Crippen LogP contribution in [0.3, 0.4) is 0 Å². The Balaban J connectivity index is 1.99. The zero-order valence-corrected chi connectivity index (χ0v) is 16.9. The first-order chi connectivity index (χ1) is 12.7. The maximum Gasteiger partial charge on any atom is 0.195 e. The van der Waals surface area contributed by atoms with E-state index in [-0.39, 0.29) is 16.6 Å². The lowest BCUT2D eigenvalue weighted by Crippen LogP contribution is -2.04. The zero-order valence-electron chi connectivity index (χ0n) is 15.3. The van der Waals surface area contributed by atoms with Crippen LogP contribution in [0.25, 0.3) is 11.4 Å². The topological polar surface area (TPSA) is 88.0 Å². The SMILES string of the molecule is CC(C)c1cc(-c2n[nH]c(=S)n2Cc2ccc(S(C)(=O)=O)cc2)ccc1O. The Bertz CT molecular complexity index is 1130. The van der Waals surface area contributed by atoms with Gasteiger partial charge >= 0.3 is 0 Å². The Morgan fingerprint density at radius 3 is 2.44 bits per heavy atom. The summed E-state index contributed by atoms with van der Waals surface area (Å²) in [5.41, 5.74) is 2.59. The third kappa shape index (κ3) is 4.12. The van der Waals surface area contributed by atoms with E-state index < -0.39 is 9.84 Å². The Morgan fingerprint density at radius 1 is 1.19 bits per heavy atom. The fraction of sp³-hybridized carbons (Fsp3) is 0.263. The molecule has 0 aliphatic carbocycles. The molecular formula is C19H21N3O3S2. The number of phenols is 1. The molecule has 142 valence electrons. The molecule has 1 heterocycles. The highest BCUT2D eigenvalue weighted by molar-refractivity contribution is 7.90. The quantitative estimate of drug-likeness (QED) is 0.631. The van der Waals surface area contributed by atoms with Crippen molar-refractivity contribution >= 4 is 22.1 Å². The Morgan fingerprint density at radius 2 is 1.85 bits per heavy atom. The number of phenolic OH excluding ortho intramolecular Hbond substituents is 1. The number of aromatic nitrogens is 3. The van der Waals surface area contributed by atoms with E-state index in [9.17, 15) is 13.5 Å². The summed E-state index contributed by atoms with van der Waals surface area (Å²) in [6.07, 6.45) is 1.18. The first-order valence-electron chi connectivity index (χ1n) is 8.44. The van der Waals surface area contributed by atoms with Gasteiger partial charge in [0.25, 0.3) is 0 Å². The zero-order chi connectivity index (χ0) is 19.8. The van der Waals surface area contributed by atoms with Crippen LogP contribution in [0.4, 0.5) is 0 Å². The predicted octanol–water partition coefficient (Wildman–Crippen LogP) is 3.89. The van der Waals surface area contributed by atoms with E-state index in [1.54, 1.807) is 36.4 Å². The highest BCUT2D eigenvalue weighted by Crippen LogP contribution is 2.30. The van der Waals surface area contributed by atoms with Crippen LogP contribution in [0.15, 0.2) is 47.4 Å². The van der Waals surface area contributed by atoms with Gasteiger partial charge in [-0.25, -0.2) is 8.42 Å². The number of rotatable bonds is 5. The number of aromatic hydroxyl groups is 1. The lowest BCUT2D eigenvalue weighted by Gasteiger charge is -2.12. The van der Waals surface area contributed by atoms with Crippen molar-refractivity contribution in [1.82, 2.24) is 14.8 Å². The average molecular weight is 404 g/mol. The summed E-state index contributed by atoms with van der Waals surface area (Å²) in [7, 11) is -3.23. The van der Waals surface area contributed by atoms with Crippen molar-refractivity contribution in [2.24, 2.45) is 0 Å². The third-order valence-corrected chi connectivity index (χ3v) is 5.80. The van der Waals surface area contributed by atoms with Crippen molar-refractivity contribution in [1.29, 1.82) is 0 Å². The molecule has 0 fully saturated rings. The van der Waals surface area contributed by atoms with E-state index in [4.69, 9.17) is 12.2 Å². The van der Waals surface area contributed by atoms with Gasteiger partial charge < -0.3 is 5.11 Å². The van der Waals surface area contributed by atoms with Crippen molar-refractivity contribution in [3.63, 3.8) is 0 Å². The second kappa shape index (κ2) is 7.28. The van der Waals surface area contributed by atoms with Crippen LogP contribution in [-0.2, 0) is 16.4 Å². The van der Waals surface area contributed by atoms with Gasteiger partial charge in [-0.05, 0) is 59.6 Å². The van der Waals surface area contributed by atoms with Crippen LogP contribution in [0.1, 0.15) is 30.9 Å². The fourth-order valence-electron chi connectivity index (χ4n) is 2.87. The molecule has 27 heavy (non-hydrogen) atoms. The number of sulfone groups is 1. The summed E-state index contributed by atoms with van der Waals surface area (Å²) in [5.74, 6) is 1.09. The first kappa shape index (κ1) is 19.3. The van der Waals surface area contributed by atoms with Crippen LogP contribution in [-0.4, -0.2) is 34.5 Å². The Kier molecular flexibility index (Phi) is 5.21. The molecule has 8 heteroatoms. The van der Waals surface area contributed by atoms with Crippen LogP contribution in [0.2, 0.25) is 0 Å². The van der Waals surface area contributed by atoms with Gasteiger partial charge in [-0.2, -0.15) is 5.10 Å². The van der Waals surface area contributed by atoms with Crippen molar-refractivity contribution in [3.8, 4) is 17.1 Å². The van der Waals surface area contributed by atoms with Crippen LogP contribution in [0.5, 0.6) is 5.75 Å². The van der Waals surface area contributed by atoms with E-state index in [0.717, 1.165) is 16.7 Å². The number of aromatic amines is 1. The Labute approximate surface area is 163 Å². The Hall–Kier alpha value is -2.45. The molecule has 2 aromatic carbocycles. The van der Waals surface area contributed by atoms with Crippen LogP contribution >= 0.6 is 12.2 Å². The summed E-state index contributed by atoms with van der Waals surface area (Å²) in [4.78, 5) is 0.280. The summed E-state index contributed by atoms with van der Waals surface area (Å²) in [6.45, 7) is 4.48. The largest absolute Gasteiger partial charge is 0.508 e. The molecule has 3 rings (SSSR count). The molecular weight excluding hydrogens is 382 g/mol. The fourth-order valence-corrected chi connectivity index (χ4v) is 3.69.